The van der Waals surface area contributed by atoms with Gasteiger partial charge in [-0.3, -0.25) is 0 Å². The number of nitrogens with two attached hydrogens (primary N) is 1. The van der Waals surface area contributed by atoms with Crippen molar-refractivity contribution >= 4 is 17.7 Å². The number of carbonyl (C=O) groups excluding carboxylic acids is 2. The fraction of sp³-hybridized carbons (Fsp3) is 0.222. The van der Waals surface area contributed by atoms with Crippen LogP contribution in [-0.4, -0.2) is 12.0 Å². The van der Waals surface area contributed by atoms with Crippen molar-refractivity contribution in [2.45, 2.75) is 26.4 Å². The molecule has 2 amide bonds. The first-order valence-corrected chi connectivity index (χ1v) is 7.38. The third kappa shape index (κ3) is 4.85. The number of anilines is 1. The predicted molar refractivity (Wildman–Crippen MR) is 89.3 cm³/mol. The SMILES string of the molecule is CC(C)c1ccc(COC(=O)c2cccc(NC(N)=O)c2)cc1. The van der Waals surface area contributed by atoms with Crippen LogP contribution >= 0.6 is 0 Å². The molecule has 0 atom stereocenters. The number of primary amides is 1. The first kappa shape index (κ1) is 16.5. The first-order valence-electron chi connectivity index (χ1n) is 7.38. The Bertz CT molecular complexity index is 694. The molecule has 0 radical (unpaired) electrons. The summed E-state index contributed by atoms with van der Waals surface area (Å²) in [5.74, 6) is 0.0122. The Morgan fingerprint density at radius 1 is 1.13 bits per heavy atom. The van der Waals surface area contributed by atoms with Crippen molar-refractivity contribution in [3.8, 4) is 0 Å². The molecule has 0 unspecified atom stereocenters. The van der Waals surface area contributed by atoms with Gasteiger partial charge >= 0.3 is 12.0 Å². The Morgan fingerprint density at radius 2 is 1.83 bits per heavy atom. The van der Waals surface area contributed by atoms with Gasteiger partial charge in [-0.25, -0.2) is 9.59 Å². The number of esters is 1. The molecule has 120 valence electrons. The van der Waals surface area contributed by atoms with Crippen molar-refractivity contribution < 1.29 is 14.3 Å². The molecule has 0 bridgehead atoms. The summed E-state index contributed by atoms with van der Waals surface area (Å²) in [5.41, 5.74) is 8.03. The van der Waals surface area contributed by atoms with E-state index in [4.69, 9.17) is 10.5 Å². The van der Waals surface area contributed by atoms with Gasteiger partial charge in [0.15, 0.2) is 0 Å². The summed E-state index contributed by atoms with van der Waals surface area (Å²) in [5, 5.41) is 2.42. The summed E-state index contributed by atoms with van der Waals surface area (Å²) in [6, 6.07) is 13.7. The monoisotopic (exact) mass is 312 g/mol. The Labute approximate surface area is 135 Å². The summed E-state index contributed by atoms with van der Waals surface area (Å²) < 4.78 is 5.29. The van der Waals surface area contributed by atoms with Crippen LogP contribution in [0.2, 0.25) is 0 Å². The quantitative estimate of drug-likeness (QED) is 0.827. The third-order valence-electron chi connectivity index (χ3n) is 3.38. The van der Waals surface area contributed by atoms with Gasteiger partial charge in [-0.05, 0) is 35.2 Å². The second-order valence-corrected chi connectivity index (χ2v) is 5.54. The van der Waals surface area contributed by atoms with Crippen LogP contribution in [-0.2, 0) is 11.3 Å². The molecule has 2 aromatic rings. The fourth-order valence-corrected chi connectivity index (χ4v) is 2.10. The lowest BCUT2D eigenvalue weighted by atomic mass is 10.0. The molecule has 3 N–H and O–H groups in total. The van der Waals surface area contributed by atoms with Crippen LogP contribution in [0.5, 0.6) is 0 Å². The van der Waals surface area contributed by atoms with E-state index < -0.39 is 12.0 Å². The standard InChI is InChI=1S/C18H20N2O3/c1-12(2)14-8-6-13(7-9-14)11-23-17(21)15-4-3-5-16(10-15)20-18(19)22/h3-10,12H,11H2,1-2H3,(H3,19,20,22). The van der Waals surface area contributed by atoms with E-state index in [1.807, 2.05) is 24.3 Å². The van der Waals surface area contributed by atoms with E-state index in [0.29, 0.717) is 17.2 Å². The maximum Gasteiger partial charge on any atom is 0.338 e. The topological polar surface area (TPSA) is 81.4 Å². The smallest absolute Gasteiger partial charge is 0.338 e. The van der Waals surface area contributed by atoms with E-state index in [1.54, 1.807) is 18.2 Å². The van der Waals surface area contributed by atoms with Crippen molar-refractivity contribution in [1.82, 2.24) is 0 Å². The average molecular weight is 312 g/mol. The summed E-state index contributed by atoms with van der Waals surface area (Å²) in [4.78, 5) is 22.9. The van der Waals surface area contributed by atoms with Crippen molar-refractivity contribution in [2.75, 3.05) is 5.32 Å². The zero-order valence-corrected chi connectivity index (χ0v) is 13.2. The largest absolute Gasteiger partial charge is 0.457 e. The minimum absolute atomic E-state index is 0.199. The molecule has 0 heterocycles. The lowest BCUT2D eigenvalue weighted by molar-refractivity contribution is 0.0472. The van der Waals surface area contributed by atoms with Crippen LogP contribution in [0.15, 0.2) is 48.5 Å². The number of benzene rings is 2. The minimum Gasteiger partial charge on any atom is -0.457 e. The van der Waals surface area contributed by atoms with Crippen LogP contribution < -0.4 is 11.1 Å². The summed E-state index contributed by atoms with van der Waals surface area (Å²) in [6.07, 6.45) is 0. The van der Waals surface area contributed by atoms with Crippen molar-refractivity contribution in [1.29, 1.82) is 0 Å². The summed E-state index contributed by atoms with van der Waals surface area (Å²) >= 11 is 0. The van der Waals surface area contributed by atoms with Gasteiger partial charge < -0.3 is 15.8 Å². The van der Waals surface area contributed by atoms with Crippen LogP contribution in [0.3, 0.4) is 0 Å². The zero-order chi connectivity index (χ0) is 16.8. The molecular formula is C18H20N2O3. The highest BCUT2D eigenvalue weighted by Crippen LogP contribution is 2.16. The lowest BCUT2D eigenvalue weighted by Gasteiger charge is -2.09. The van der Waals surface area contributed by atoms with E-state index in [9.17, 15) is 9.59 Å². The molecule has 0 aliphatic carbocycles. The summed E-state index contributed by atoms with van der Waals surface area (Å²) in [6.45, 7) is 4.45. The van der Waals surface area contributed by atoms with Gasteiger partial charge in [-0.2, -0.15) is 0 Å². The second kappa shape index (κ2) is 7.45. The molecule has 5 heteroatoms. The number of carbonyl (C=O) groups is 2. The molecule has 2 rings (SSSR count). The number of nitrogens with one attached hydrogen (secondary N) is 1. The Hall–Kier alpha value is -2.82. The van der Waals surface area contributed by atoms with Crippen molar-refractivity contribution in [2.24, 2.45) is 5.73 Å². The van der Waals surface area contributed by atoms with E-state index in [0.717, 1.165) is 5.56 Å². The van der Waals surface area contributed by atoms with Gasteiger partial charge in [0.05, 0.1) is 5.56 Å². The van der Waals surface area contributed by atoms with Crippen molar-refractivity contribution in [3.05, 3.63) is 65.2 Å². The van der Waals surface area contributed by atoms with E-state index in [1.165, 1.54) is 11.6 Å². The van der Waals surface area contributed by atoms with Crippen LogP contribution in [0.25, 0.3) is 0 Å². The molecule has 2 aromatic carbocycles. The third-order valence-corrected chi connectivity index (χ3v) is 3.38. The van der Waals surface area contributed by atoms with Gasteiger partial charge in [-0.15, -0.1) is 0 Å². The van der Waals surface area contributed by atoms with Crippen molar-refractivity contribution in [3.63, 3.8) is 0 Å². The first-order chi connectivity index (χ1) is 11.0. The maximum atomic E-state index is 12.1. The number of amides is 2. The predicted octanol–water partition coefficient (Wildman–Crippen LogP) is 3.66. The minimum atomic E-state index is -0.680. The highest BCUT2D eigenvalue weighted by molar-refractivity contribution is 5.93. The van der Waals surface area contributed by atoms with Crippen LogP contribution in [0.1, 0.15) is 41.3 Å². The number of ether oxygens (including phenoxy) is 1. The number of urea groups is 1. The maximum absolute atomic E-state index is 12.1. The molecule has 0 fully saturated rings. The number of hydrogen-bond donors (Lipinski definition) is 2. The number of rotatable bonds is 5. The molecule has 0 saturated heterocycles. The van der Waals surface area contributed by atoms with E-state index >= 15 is 0 Å². The van der Waals surface area contributed by atoms with E-state index in [-0.39, 0.29) is 6.61 Å². The molecule has 5 nitrogen and oxygen atoms in total. The van der Waals surface area contributed by atoms with E-state index in [2.05, 4.69) is 19.2 Å². The zero-order valence-electron chi connectivity index (χ0n) is 13.2. The molecular weight excluding hydrogens is 292 g/mol. The van der Waals surface area contributed by atoms with Crippen LogP contribution in [0.4, 0.5) is 10.5 Å². The Balaban J connectivity index is 1.97. The van der Waals surface area contributed by atoms with Gasteiger partial charge in [-0.1, -0.05) is 44.2 Å². The van der Waals surface area contributed by atoms with Crippen LogP contribution in [0, 0.1) is 0 Å². The molecule has 0 spiro atoms. The highest BCUT2D eigenvalue weighted by Gasteiger charge is 2.09. The molecule has 0 aliphatic rings. The second-order valence-electron chi connectivity index (χ2n) is 5.54. The molecule has 0 aliphatic heterocycles. The van der Waals surface area contributed by atoms with Gasteiger partial charge in [0.25, 0.3) is 0 Å². The number of hydrogen-bond acceptors (Lipinski definition) is 3. The average Bonchev–Trinajstić information content (AvgIpc) is 2.52. The molecule has 0 aromatic heterocycles. The van der Waals surface area contributed by atoms with Gasteiger partial charge in [0.1, 0.15) is 6.61 Å². The lowest BCUT2D eigenvalue weighted by Crippen LogP contribution is -2.19. The molecule has 0 saturated carbocycles. The normalized spacial score (nSPS) is 10.4. The Morgan fingerprint density at radius 3 is 2.43 bits per heavy atom. The summed E-state index contributed by atoms with van der Waals surface area (Å²) in [7, 11) is 0. The molecule has 23 heavy (non-hydrogen) atoms. The highest BCUT2D eigenvalue weighted by atomic mass is 16.5. The van der Waals surface area contributed by atoms with Gasteiger partial charge in [0, 0.05) is 5.69 Å². The van der Waals surface area contributed by atoms with Gasteiger partial charge in [0.2, 0.25) is 0 Å². The fourth-order valence-electron chi connectivity index (χ4n) is 2.10. The Kier molecular flexibility index (Phi) is 5.36.